The van der Waals surface area contributed by atoms with Gasteiger partial charge in [0.2, 0.25) is 6.79 Å². The number of fused-ring (bicyclic) bond motifs is 1. The Morgan fingerprint density at radius 2 is 2.08 bits per heavy atom. The third kappa shape index (κ3) is 2.96. The largest absolute Gasteiger partial charge is 0.454 e. The molecular formula is C17H18N4O4. The Balaban J connectivity index is 1.54. The van der Waals surface area contributed by atoms with Gasteiger partial charge < -0.3 is 24.4 Å². The van der Waals surface area contributed by atoms with Crippen LogP contribution in [0.15, 0.2) is 30.6 Å². The number of hydrogen-bond acceptors (Lipinski definition) is 7. The molecule has 1 aromatic heterocycles. The van der Waals surface area contributed by atoms with Gasteiger partial charge in [-0.25, -0.2) is 4.98 Å². The standard InChI is InChI=1S/C17H18N4O4/c1-18-16-15(19-4-5-20-16)14-9-21(6-7-23-14)17(22)11-2-3-12-13(8-11)25-10-24-12/h2-5,8,14H,6-7,9-10H2,1H3,(H,18,20). The van der Waals surface area contributed by atoms with Gasteiger partial charge in [-0.15, -0.1) is 0 Å². The summed E-state index contributed by atoms with van der Waals surface area (Å²) in [6.45, 7) is 1.58. The normalized spacial score (nSPS) is 18.9. The molecule has 130 valence electrons. The lowest BCUT2D eigenvalue weighted by atomic mass is 10.1. The average Bonchev–Trinajstić information content (AvgIpc) is 3.15. The maximum Gasteiger partial charge on any atom is 0.254 e. The van der Waals surface area contributed by atoms with E-state index < -0.39 is 0 Å². The quantitative estimate of drug-likeness (QED) is 0.904. The highest BCUT2D eigenvalue weighted by Crippen LogP contribution is 2.33. The molecule has 1 amide bonds. The molecule has 1 N–H and O–H groups in total. The summed E-state index contributed by atoms with van der Waals surface area (Å²) in [6, 6.07) is 5.23. The molecule has 0 saturated carbocycles. The molecule has 8 heteroatoms. The number of anilines is 1. The van der Waals surface area contributed by atoms with Crippen LogP contribution >= 0.6 is 0 Å². The Labute approximate surface area is 144 Å². The van der Waals surface area contributed by atoms with Crippen LogP contribution in [0.1, 0.15) is 22.2 Å². The number of nitrogens with one attached hydrogen (secondary N) is 1. The van der Waals surface area contributed by atoms with Crippen LogP contribution in [-0.2, 0) is 4.74 Å². The average molecular weight is 342 g/mol. The summed E-state index contributed by atoms with van der Waals surface area (Å²) in [5.41, 5.74) is 1.27. The van der Waals surface area contributed by atoms with E-state index in [0.29, 0.717) is 48.3 Å². The predicted octanol–water partition coefficient (Wildman–Crippen LogP) is 1.46. The summed E-state index contributed by atoms with van der Waals surface area (Å²) < 4.78 is 16.5. The van der Waals surface area contributed by atoms with Gasteiger partial charge in [0.25, 0.3) is 5.91 Å². The highest BCUT2D eigenvalue weighted by atomic mass is 16.7. The van der Waals surface area contributed by atoms with Crippen LogP contribution in [0.4, 0.5) is 5.82 Å². The highest BCUT2D eigenvalue weighted by Gasteiger charge is 2.29. The maximum atomic E-state index is 12.9. The fourth-order valence-electron chi connectivity index (χ4n) is 2.99. The smallest absolute Gasteiger partial charge is 0.254 e. The Kier molecular flexibility index (Phi) is 4.10. The van der Waals surface area contributed by atoms with Crippen molar-refractivity contribution in [1.29, 1.82) is 0 Å². The summed E-state index contributed by atoms with van der Waals surface area (Å²) in [6.07, 6.45) is 2.93. The molecule has 1 unspecified atom stereocenters. The molecule has 1 atom stereocenters. The molecule has 2 aliphatic heterocycles. The molecule has 1 fully saturated rings. The molecule has 2 aromatic rings. The number of carbonyl (C=O) groups is 1. The molecule has 2 aliphatic rings. The highest BCUT2D eigenvalue weighted by molar-refractivity contribution is 5.95. The summed E-state index contributed by atoms with van der Waals surface area (Å²) in [5.74, 6) is 1.85. The molecule has 25 heavy (non-hydrogen) atoms. The van der Waals surface area contributed by atoms with Gasteiger partial charge in [-0.05, 0) is 18.2 Å². The molecular weight excluding hydrogens is 324 g/mol. The van der Waals surface area contributed by atoms with Gasteiger partial charge in [0.15, 0.2) is 11.5 Å². The van der Waals surface area contributed by atoms with Crippen LogP contribution in [0.5, 0.6) is 11.5 Å². The Morgan fingerprint density at radius 1 is 1.24 bits per heavy atom. The van der Waals surface area contributed by atoms with E-state index >= 15 is 0 Å². The number of benzene rings is 1. The first kappa shape index (κ1) is 15.6. The molecule has 1 aromatic carbocycles. The van der Waals surface area contributed by atoms with Crippen molar-refractivity contribution in [3.8, 4) is 11.5 Å². The SMILES string of the molecule is CNc1nccnc1C1CN(C(=O)c2ccc3c(c2)OCO3)CCO1. The van der Waals surface area contributed by atoms with Gasteiger partial charge in [0.1, 0.15) is 17.6 Å². The van der Waals surface area contributed by atoms with Crippen LogP contribution in [-0.4, -0.2) is 54.3 Å². The van der Waals surface area contributed by atoms with E-state index in [2.05, 4.69) is 15.3 Å². The molecule has 4 rings (SSSR count). The number of rotatable bonds is 3. The zero-order chi connectivity index (χ0) is 17.2. The summed E-state index contributed by atoms with van der Waals surface area (Å²) in [4.78, 5) is 23.2. The first-order valence-corrected chi connectivity index (χ1v) is 8.05. The minimum atomic E-state index is -0.317. The Bertz CT molecular complexity index is 798. The molecule has 0 radical (unpaired) electrons. The van der Waals surface area contributed by atoms with Gasteiger partial charge in [-0.2, -0.15) is 0 Å². The van der Waals surface area contributed by atoms with Crippen molar-refractivity contribution < 1.29 is 19.0 Å². The molecule has 0 bridgehead atoms. The lowest BCUT2D eigenvalue weighted by molar-refractivity contribution is -0.0245. The van der Waals surface area contributed by atoms with Crippen molar-refractivity contribution in [2.75, 3.05) is 38.9 Å². The van der Waals surface area contributed by atoms with Gasteiger partial charge in [-0.1, -0.05) is 0 Å². The summed E-state index contributed by atoms with van der Waals surface area (Å²) in [7, 11) is 1.78. The monoisotopic (exact) mass is 342 g/mol. The van der Waals surface area contributed by atoms with E-state index in [9.17, 15) is 4.79 Å². The summed E-state index contributed by atoms with van der Waals surface area (Å²) >= 11 is 0. The molecule has 0 spiro atoms. The zero-order valence-electron chi connectivity index (χ0n) is 13.8. The fraction of sp³-hybridized carbons (Fsp3) is 0.353. The second-order valence-electron chi connectivity index (χ2n) is 5.72. The van der Waals surface area contributed by atoms with E-state index in [-0.39, 0.29) is 18.8 Å². The minimum Gasteiger partial charge on any atom is -0.454 e. The number of amides is 1. The maximum absolute atomic E-state index is 12.9. The number of hydrogen-bond donors (Lipinski definition) is 1. The molecule has 0 aliphatic carbocycles. The van der Waals surface area contributed by atoms with Gasteiger partial charge in [-0.3, -0.25) is 9.78 Å². The summed E-state index contributed by atoms with van der Waals surface area (Å²) in [5, 5.41) is 3.01. The number of ether oxygens (including phenoxy) is 3. The van der Waals surface area contributed by atoms with Crippen molar-refractivity contribution in [2.45, 2.75) is 6.10 Å². The van der Waals surface area contributed by atoms with Crippen molar-refractivity contribution in [3.05, 3.63) is 41.9 Å². The minimum absolute atomic E-state index is 0.0681. The van der Waals surface area contributed by atoms with Crippen LogP contribution in [0.2, 0.25) is 0 Å². The topological polar surface area (TPSA) is 85.8 Å². The number of morpholine rings is 1. The van der Waals surface area contributed by atoms with E-state index in [1.54, 1.807) is 42.5 Å². The van der Waals surface area contributed by atoms with Gasteiger partial charge in [0.05, 0.1) is 13.2 Å². The zero-order valence-corrected chi connectivity index (χ0v) is 13.8. The fourth-order valence-corrected chi connectivity index (χ4v) is 2.99. The van der Waals surface area contributed by atoms with E-state index in [0.717, 1.165) is 0 Å². The van der Waals surface area contributed by atoms with Crippen molar-refractivity contribution >= 4 is 11.7 Å². The van der Waals surface area contributed by atoms with Crippen molar-refractivity contribution in [3.63, 3.8) is 0 Å². The van der Waals surface area contributed by atoms with Crippen molar-refractivity contribution in [2.24, 2.45) is 0 Å². The van der Waals surface area contributed by atoms with Crippen LogP contribution < -0.4 is 14.8 Å². The first-order valence-electron chi connectivity index (χ1n) is 8.05. The number of aromatic nitrogens is 2. The van der Waals surface area contributed by atoms with Gasteiger partial charge >= 0.3 is 0 Å². The number of carbonyl (C=O) groups excluding carboxylic acids is 1. The third-order valence-electron chi connectivity index (χ3n) is 4.24. The lowest BCUT2D eigenvalue weighted by Crippen LogP contribution is -2.42. The molecule has 3 heterocycles. The Morgan fingerprint density at radius 3 is 2.96 bits per heavy atom. The van der Waals surface area contributed by atoms with Crippen LogP contribution in [0, 0.1) is 0 Å². The van der Waals surface area contributed by atoms with Gasteiger partial charge in [0, 0.05) is 31.5 Å². The van der Waals surface area contributed by atoms with Crippen LogP contribution in [0.3, 0.4) is 0 Å². The second-order valence-corrected chi connectivity index (χ2v) is 5.72. The second kappa shape index (κ2) is 6.56. The predicted molar refractivity (Wildman–Crippen MR) is 88.7 cm³/mol. The van der Waals surface area contributed by atoms with E-state index in [1.165, 1.54) is 0 Å². The third-order valence-corrected chi connectivity index (χ3v) is 4.24. The van der Waals surface area contributed by atoms with Crippen molar-refractivity contribution in [1.82, 2.24) is 14.9 Å². The number of nitrogens with zero attached hydrogens (tertiary/aromatic N) is 3. The Hall–Kier alpha value is -2.87. The van der Waals surface area contributed by atoms with Crippen LogP contribution in [0.25, 0.3) is 0 Å². The van der Waals surface area contributed by atoms with E-state index in [4.69, 9.17) is 14.2 Å². The van der Waals surface area contributed by atoms with E-state index in [1.807, 2.05) is 0 Å². The first-order chi connectivity index (χ1) is 12.3. The lowest BCUT2D eigenvalue weighted by Gasteiger charge is -2.33. The molecule has 8 nitrogen and oxygen atoms in total. The molecule has 1 saturated heterocycles.